The first-order valence-electron chi connectivity index (χ1n) is 6.68. The number of rotatable bonds is 4. The van der Waals surface area contributed by atoms with Crippen molar-refractivity contribution in [1.29, 1.82) is 0 Å². The normalized spacial score (nSPS) is 32.1. The smallest absolute Gasteiger partial charge is 0.0991 e. The lowest BCUT2D eigenvalue weighted by Crippen LogP contribution is -2.43. The largest absolute Gasteiger partial charge is 0.395 e. The van der Waals surface area contributed by atoms with Crippen molar-refractivity contribution >= 4 is 0 Å². The van der Waals surface area contributed by atoms with E-state index >= 15 is 0 Å². The molecule has 0 radical (unpaired) electrons. The maximum Gasteiger partial charge on any atom is 0.0991 e. The summed E-state index contributed by atoms with van der Waals surface area (Å²) in [6, 6.07) is 3.22. The monoisotopic (exact) mass is 266 g/mol. The maximum atomic E-state index is 10.2. The summed E-state index contributed by atoms with van der Waals surface area (Å²) in [4.78, 5) is 6.05. The fraction of sp³-hybridized carbons (Fsp3) is 0.643. The van der Waals surface area contributed by atoms with Gasteiger partial charge >= 0.3 is 0 Å². The number of aromatic nitrogens is 1. The van der Waals surface area contributed by atoms with Crippen LogP contribution in [0.5, 0.6) is 0 Å². The van der Waals surface area contributed by atoms with Crippen LogP contribution < -0.4 is 0 Å². The van der Waals surface area contributed by atoms with E-state index in [9.17, 15) is 15.3 Å². The Bertz CT molecular complexity index is 399. The Labute approximate surface area is 113 Å². The molecule has 0 aliphatic carbocycles. The number of aliphatic hydroxyl groups excluding tert-OH is 3. The number of aliphatic hydroxyl groups is 3. The van der Waals surface area contributed by atoms with E-state index in [1.807, 2.05) is 30.9 Å². The molecule has 0 saturated carbocycles. The van der Waals surface area contributed by atoms with E-state index in [4.69, 9.17) is 0 Å². The van der Waals surface area contributed by atoms with E-state index in [2.05, 4.69) is 4.98 Å². The molecule has 3 N–H and O–H groups in total. The van der Waals surface area contributed by atoms with Gasteiger partial charge in [-0.25, -0.2) is 0 Å². The van der Waals surface area contributed by atoms with Crippen LogP contribution in [0.25, 0.3) is 0 Å². The number of hydrogen-bond donors (Lipinski definition) is 3. The molecule has 106 valence electrons. The predicted molar refractivity (Wildman–Crippen MR) is 71.3 cm³/mol. The van der Waals surface area contributed by atoms with E-state index in [1.165, 1.54) is 0 Å². The van der Waals surface area contributed by atoms with Crippen molar-refractivity contribution in [2.75, 3.05) is 6.61 Å². The zero-order valence-corrected chi connectivity index (χ0v) is 11.3. The number of pyridine rings is 1. The second kappa shape index (κ2) is 5.96. The summed E-state index contributed by atoms with van der Waals surface area (Å²) in [6.07, 6.45) is 1.74. The molecule has 5 nitrogen and oxygen atoms in total. The zero-order valence-electron chi connectivity index (χ0n) is 11.3. The Kier molecular flexibility index (Phi) is 4.52. The van der Waals surface area contributed by atoms with Gasteiger partial charge in [0.05, 0.1) is 24.9 Å². The number of likely N-dealkylation sites (tertiary alicyclic amines) is 1. The first-order chi connectivity index (χ1) is 9.06. The first kappa shape index (κ1) is 14.4. The highest BCUT2D eigenvalue weighted by Gasteiger charge is 2.48. The first-order valence-corrected chi connectivity index (χ1v) is 6.68. The van der Waals surface area contributed by atoms with E-state index in [1.54, 1.807) is 12.4 Å². The molecule has 0 unspecified atom stereocenters. The predicted octanol–water partition coefficient (Wildman–Crippen LogP) is 0.00450. The van der Waals surface area contributed by atoms with Crippen LogP contribution in [0.15, 0.2) is 24.5 Å². The van der Waals surface area contributed by atoms with Crippen molar-refractivity contribution in [2.24, 2.45) is 5.92 Å². The van der Waals surface area contributed by atoms with Crippen LogP contribution in [0.4, 0.5) is 0 Å². The fourth-order valence-corrected chi connectivity index (χ4v) is 2.96. The van der Waals surface area contributed by atoms with E-state index in [0.29, 0.717) is 6.54 Å². The van der Waals surface area contributed by atoms with Crippen LogP contribution in [-0.4, -0.2) is 56.1 Å². The average Bonchev–Trinajstić information content (AvgIpc) is 2.62. The minimum atomic E-state index is -0.908. The van der Waals surface area contributed by atoms with Gasteiger partial charge in [-0.1, -0.05) is 19.9 Å². The SMILES string of the molecule is CC(C)[C@H]1[C@H](O)[C@H](O)[C@@H](CO)N1Cc1cccnc1. The van der Waals surface area contributed by atoms with Gasteiger partial charge in [0.1, 0.15) is 0 Å². The standard InChI is InChI=1S/C14H22N2O3/c1-9(2)12-14(19)13(18)11(8-17)16(12)7-10-4-3-5-15-6-10/h3-6,9,11-14,17-19H,7-8H2,1-2H3/t11-,12+,13-,14+/m1/s1. The fourth-order valence-electron chi connectivity index (χ4n) is 2.96. The van der Waals surface area contributed by atoms with Gasteiger partial charge in [-0.15, -0.1) is 0 Å². The van der Waals surface area contributed by atoms with Crippen molar-refractivity contribution < 1.29 is 15.3 Å². The van der Waals surface area contributed by atoms with Crippen molar-refractivity contribution in [3.05, 3.63) is 30.1 Å². The Hall–Kier alpha value is -1.01. The lowest BCUT2D eigenvalue weighted by molar-refractivity contribution is 0.0145. The van der Waals surface area contributed by atoms with Gasteiger partial charge in [-0.3, -0.25) is 9.88 Å². The molecule has 0 amide bonds. The molecule has 5 heteroatoms. The molecule has 2 heterocycles. The Morgan fingerprint density at radius 2 is 2.05 bits per heavy atom. The molecule has 1 aromatic heterocycles. The third-order valence-electron chi connectivity index (χ3n) is 3.86. The minimum absolute atomic E-state index is 0.160. The zero-order chi connectivity index (χ0) is 14.0. The van der Waals surface area contributed by atoms with Crippen LogP contribution in [0.3, 0.4) is 0 Å². The molecule has 19 heavy (non-hydrogen) atoms. The van der Waals surface area contributed by atoms with Crippen LogP contribution >= 0.6 is 0 Å². The third kappa shape index (κ3) is 2.79. The molecule has 4 atom stereocenters. The second-order valence-electron chi connectivity index (χ2n) is 5.50. The molecule has 1 aliphatic rings. The Morgan fingerprint density at radius 3 is 2.58 bits per heavy atom. The van der Waals surface area contributed by atoms with Gasteiger partial charge in [-0.05, 0) is 17.5 Å². The van der Waals surface area contributed by atoms with Crippen LogP contribution in [-0.2, 0) is 6.54 Å². The lowest BCUT2D eigenvalue weighted by Gasteiger charge is -2.32. The maximum absolute atomic E-state index is 10.2. The average molecular weight is 266 g/mol. The minimum Gasteiger partial charge on any atom is -0.395 e. The lowest BCUT2D eigenvalue weighted by atomic mass is 9.98. The second-order valence-corrected chi connectivity index (χ2v) is 5.50. The van der Waals surface area contributed by atoms with Gasteiger partial charge in [0.25, 0.3) is 0 Å². The Balaban J connectivity index is 2.23. The summed E-state index contributed by atoms with van der Waals surface area (Å²) >= 11 is 0. The van der Waals surface area contributed by atoms with Gasteiger partial charge in [0.15, 0.2) is 0 Å². The highest BCUT2D eigenvalue weighted by Crippen LogP contribution is 2.31. The molecule has 1 saturated heterocycles. The van der Waals surface area contributed by atoms with Crippen LogP contribution in [0.1, 0.15) is 19.4 Å². The third-order valence-corrected chi connectivity index (χ3v) is 3.86. The molecule has 2 rings (SSSR count). The van der Waals surface area contributed by atoms with Crippen LogP contribution in [0, 0.1) is 5.92 Å². The van der Waals surface area contributed by atoms with Crippen molar-refractivity contribution in [3.8, 4) is 0 Å². The van der Waals surface area contributed by atoms with Gasteiger partial charge in [0, 0.05) is 25.0 Å². The molecule has 0 bridgehead atoms. The highest BCUT2D eigenvalue weighted by molar-refractivity contribution is 5.11. The summed E-state index contributed by atoms with van der Waals surface area (Å²) in [5.41, 5.74) is 1.01. The molecule has 1 aliphatic heterocycles. The topological polar surface area (TPSA) is 76.8 Å². The molecular formula is C14H22N2O3. The quantitative estimate of drug-likeness (QED) is 0.715. The number of nitrogens with zero attached hydrogens (tertiary/aromatic N) is 2. The van der Waals surface area contributed by atoms with Gasteiger partial charge < -0.3 is 15.3 Å². The Morgan fingerprint density at radius 1 is 1.32 bits per heavy atom. The van der Waals surface area contributed by atoms with E-state index < -0.39 is 18.2 Å². The molecule has 1 fully saturated rings. The summed E-state index contributed by atoms with van der Waals surface area (Å²) in [7, 11) is 0. The van der Waals surface area contributed by atoms with Gasteiger partial charge in [0.2, 0.25) is 0 Å². The van der Waals surface area contributed by atoms with E-state index in [-0.39, 0.29) is 18.6 Å². The molecule has 0 aromatic carbocycles. The van der Waals surface area contributed by atoms with Gasteiger partial charge in [-0.2, -0.15) is 0 Å². The summed E-state index contributed by atoms with van der Waals surface area (Å²) in [6.45, 7) is 4.42. The molecule has 0 spiro atoms. The van der Waals surface area contributed by atoms with Crippen molar-refractivity contribution in [1.82, 2.24) is 9.88 Å². The molecule has 1 aromatic rings. The summed E-state index contributed by atoms with van der Waals surface area (Å²) < 4.78 is 0. The van der Waals surface area contributed by atoms with E-state index in [0.717, 1.165) is 5.56 Å². The summed E-state index contributed by atoms with van der Waals surface area (Å²) in [5, 5.41) is 29.7. The molecular weight excluding hydrogens is 244 g/mol. The summed E-state index contributed by atoms with van der Waals surface area (Å²) in [5.74, 6) is 0.192. The van der Waals surface area contributed by atoms with Crippen LogP contribution in [0.2, 0.25) is 0 Å². The number of hydrogen-bond acceptors (Lipinski definition) is 5. The van der Waals surface area contributed by atoms with Crippen molar-refractivity contribution in [2.45, 2.75) is 44.7 Å². The van der Waals surface area contributed by atoms with Crippen molar-refractivity contribution in [3.63, 3.8) is 0 Å². The highest BCUT2D eigenvalue weighted by atomic mass is 16.3.